The molecule has 0 bridgehead atoms. The molecule has 0 radical (unpaired) electrons. The van der Waals surface area contributed by atoms with Crippen LogP contribution >= 0.6 is 22.9 Å². The molecule has 0 unspecified atom stereocenters. The highest BCUT2D eigenvalue weighted by molar-refractivity contribution is 7.95. The number of rotatable bonds is 5. The van der Waals surface area contributed by atoms with Crippen molar-refractivity contribution in [3.63, 3.8) is 0 Å². The third-order valence-corrected chi connectivity index (χ3v) is 8.63. The Morgan fingerprint density at radius 3 is 2.50 bits per heavy atom. The number of nitrogens with zero attached hydrogens (tertiary/aromatic N) is 2. The molecular weight excluding hydrogens is 442 g/mol. The van der Waals surface area contributed by atoms with Gasteiger partial charge in [0.15, 0.2) is 0 Å². The minimum Gasteiger partial charge on any atom is -0.495 e. The van der Waals surface area contributed by atoms with Crippen molar-refractivity contribution >= 4 is 55.1 Å². The number of hydrogen-bond acceptors (Lipinski definition) is 6. The number of anilines is 2. The maximum absolute atomic E-state index is 13.2. The van der Waals surface area contributed by atoms with Crippen molar-refractivity contribution in [1.82, 2.24) is 4.90 Å². The molecule has 0 spiro atoms. The third kappa shape index (κ3) is 4.09. The summed E-state index contributed by atoms with van der Waals surface area (Å²) >= 11 is 7.35. The average Bonchev–Trinajstić information content (AvgIpc) is 3.05. The van der Waals surface area contributed by atoms with Crippen molar-refractivity contribution in [2.24, 2.45) is 0 Å². The molecule has 1 aromatic heterocycles. The number of hydrogen-bond donors (Lipinski definition) is 1. The first-order chi connectivity index (χ1) is 14.3. The van der Waals surface area contributed by atoms with E-state index in [2.05, 4.69) is 21.6 Å². The number of sulfonamides is 1. The summed E-state index contributed by atoms with van der Waals surface area (Å²) in [6.07, 6.45) is 0. The number of halogens is 1. The van der Waals surface area contributed by atoms with Gasteiger partial charge in [-0.05, 0) is 49.7 Å². The highest BCUT2D eigenvalue weighted by Crippen LogP contribution is 2.38. The summed E-state index contributed by atoms with van der Waals surface area (Å²) in [5.41, 5.74) is 1.41. The number of benzene rings is 2. The van der Waals surface area contributed by atoms with Crippen LogP contribution in [0, 0.1) is 6.92 Å². The molecule has 1 saturated heterocycles. The second-order valence-corrected chi connectivity index (χ2v) is 11.0. The van der Waals surface area contributed by atoms with Gasteiger partial charge in [0.05, 0.1) is 18.5 Å². The lowest BCUT2D eigenvalue weighted by atomic mass is 10.2. The maximum atomic E-state index is 13.2. The van der Waals surface area contributed by atoms with Gasteiger partial charge in [-0.2, -0.15) is 0 Å². The Labute approximate surface area is 186 Å². The number of thiophene rings is 1. The van der Waals surface area contributed by atoms with E-state index in [1.807, 2.05) is 19.1 Å². The summed E-state index contributed by atoms with van der Waals surface area (Å²) in [5, 5.41) is 2.13. The maximum Gasteiger partial charge on any atom is 0.272 e. The van der Waals surface area contributed by atoms with Crippen molar-refractivity contribution in [1.29, 1.82) is 0 Å². The van der Waals surface area contributed by atoms with Gasteiger partial charge in [0, 0.05) is 41.5 Å². The molecule has 1 fully saturated rings. The predicted octanol–water partition coefficient (Wildman–Crippen LogP) is 4.42. The van der Waals surface area contributed by atoms with E-state index in [0.717, 1.165) is 47.9 Å². The molecule has 1 aliphatic heterocycles. The molecule has 0 saturated carbocycles. The molecule has 30 heavy (non-hydrogen) atoms. The largest absolute Gasteiger partial charge is 0.495 e. The fourth-order valence-corrected chi connectivity index (χ4v) is 6.64. The minimum atomic E-state index is -3.75. The molecule has 2 aromatic carbocycles. The van der Waals surface area contributed by atoms with E-state index in [1.54, 1.807) is 31.4 Å². The molecule has 6 nitrogen and oxygen atoms in total. The number of methoxy groups -OCH3 is 1. The Kier molecular flexibility index (Phi) is 5.85. The van der Waals surface area contributed by atoms with Crippen LogP contribution in [0.4, 0.5) is 11.4 Å². The highest BCUT2D eigenvalue weighted by Gasteiger charge is 2.23. The zero-order valence-corrected chi connectivity index (χ0v) is 19.5. The normalized spacial score (nSPS) is 15.5. The monoisotopic (exact) mass is 465 g/mol. The van der Waals surface area contributed by atoms with Crippen LogP contribution in [-0.2, 0) is 10.0 Å². The molecule has 1 N–H and O–H groups in total. The number of fused-ring (bicyclic) bond motifs is 1. The summed E-state index contributed by atoms with van der Waals surface area (Å²) in [6.45, 7) is 5.52. The summed E-state index contributed by atoms with van der Waals surface area (Å²) < 4.78 is 35.0. The fraction of sp³-hybridized carbons (Fsp3) is 0.333. The molecule has 0 amide bonds. The Balaban J connectivity index is 1.68. The van der Waals surface area contributed by atoms with Crippen molar-refractivity contribution < 1.29 is 13.2 Å². The van der Waals surface area contributed by atoms with E-state index < -0.39 is 10.0 Å². The Hall–Kier alpha value is -2.00. The van der Waals surface area contributed by atoms with Crippen LogP contribution in [0.5, 0.6) is 5.75 Å². The number of piperazine rings is 1. The quantitative estimate of drug-likeness (QED) is 0.604. The van der Waals surface area contributed by atoms with Crippen LogP contribution in [-0.4, -0.2) is 53.7 Å². The molecule has 2 heterocycles. The van der Waals surface area contributed by atoms with E-state index in [-0.39, 0.29) is 0 Å². The Morgan fingerprint density at radius 1 is 1.07 bits per heavy atom. The van der Waals surface area contributed by atoms with E-state index in [9.17, 15) is 8.42 Å². The van der Waals surface area contributed by atoms with Crippen molar-refractivity contribution in [3.8, 4) is 5.75 Å². The first-order valence-corrected chi connectivity index (χ1v) is 12.3. The van der Waals surface area contributed by atoms with Crippen LogP contribution in [0.25, 0.3) is 10.8 Å². The molecule has 4 rings (SSSR count). The molecule has 9 heteroatoms. The minimum absolute atomic E-state index is 0.295. The van der Waals surface area contributed by atoms with E-state index in [4.69, 9.17) is 16.3 Å². The fourth-order valence-electron chi connectivity index (χ4n) is 3.68. The van der Waals surface area contributed by atoms with Gasteiger partial charge in [-0.15, -0.1) is 11.3 Å². The Bertz CT molecular complexity index is 1190. The highest BCUT2D eigenvalue weighted by atomic mass is 35.5. The van der Waals surface area contributed by atoms with Crippen LogP contribution in [0.15, 0.2) is 40.6 Å². The molecule has 1 aliphatic rings. The third-order valence-electron chi connectivity index (χ3n) is 5.35. The molecule has 160 valence electrons. The van der Waals surface area contributed by atoms with Gasteiger partial charge in [0.2, 0.25) is 0 Å². The van der Waals surface area contributed by atoms with Gasteiger partial charge in [-0.25, -0.2) is 8.42 Å². The van der Waals surface area contributed by atoms with Gasteiger partial charge in [0.1, 0.15) is 9.96 Å². The first kappa shape index (κ1) is 21.2. The smallest absolute Gasteiger partial charge is 0.272 e. The predicted molar refractivity (Wildman–Crippen MR) is 125 cm³/mol. The summed E-state index contributed by atoms with van der Waals surface area (Å²) in [4.78, 5) is 5.41. The topological polar surface area (TPSA) is 61.9 Å². The van der Waals surface area contributed by atoms with Crippen LogP contribution in [0.3, 0.4) is 0 Å². The number of ether oxygens (including phenoxy) is 1. The van der Waals surface area contributed by atoms with Gasteiger partial charge < -0.3 is 14.5 Å². The summed E-state index contributed by atoms with van der Waals surface area (Å²) in [6, 6.07) is 10.7. The lowest BCUT2D eigenvalue weighted by molar-refractivity contribution is 0.311. The van der Waals surface area contributed by atoms with Gasteiger partial charge in [-0.1, -0.05) is 17.7 Å². The molecule has 0 aliphatic carbocycles. The average molecular weight is 466 g/mol. The second-order valence-electron chi connectivity index (χ2n) is 7.42. The van der Waals surface area contributed by atoms with Gasteiger partial charge >= 0.3 is 0 Å². The summed E-state index contributed by atoms with van der Waals surface area (Å²) in [7, 11) is -0.0236. The van der Waals surface area contributed by atoms with Crippen molar-refractivity contribution in [2.45, 2.75) is 11.1 Å². The molecule has 3 aromatic rings. The lowest BCUT2D eigenvalue weighted by Crippen LogP contribution is -2.44. The zero-order valence-electron chi connectivity index (χ0n) is 17.1. The molecule has 0 atom stereocenters. The van der Waals surface area contributed by atoms with Crippen LogP contribution < -0.4 is 14.4 Å². The van der Waals surface area contributed by atoms with E-state index in [0.29, 0.717) is 20.3 Å². The van der Waals surface area contributed by atoms with Crippen LogP contribution in [0.2, 0.25) is 5.02 Å². The number of nitrogens with one attached hydrogen (secondary N) is 1. The van der Waals surface area contributed by atoms with Crippen LogP contribution in [0.1, 0.15) is 4.88 Å². The summed E-state index contributed by atoms with van der Waals surface area (Å²) in [5.74, 6) is 0.731. The Morgan fingerprint density at radius 2 is 1.80 bits per heavy atom. The first-order valence-electron chi connectivity index (χ1n) is 9.61. The van der Waals surface area contributed by atoms with Gasteiger partial charge in [0.25, 0.3) is 10.0 Å². The molecular formula is C21H24ClN3O3S2. The number of likely N-dealkylation sites (N-methyl/N-ethyl adjacent to an activating group) is 1. The van der Waals surface area contributed by atoms with Gasteiger partial charge in [-0.3, -0.25) is 4.72 Å². The van der Waals surface area contributed by atoms with Crippen molar-refractivity contribution in [2.75, 3.05) is 50.0 Å². The second kappa shape index (κ2) is 8.26. The SMILES string of the molecule is COc1ccc(NS(=O)(=O)c2sc(C)c3cc(Cl)ccc23)cc1N1CCN(C)CC1. The van der Waals surface area contributed by atoms with E-state index >= 15 is 0 Å². The van der Waals surface area contributed by atoms with Crippen molar-refractivity contribution in [3.05, 3.63) is 46.3 Å². The number of aryl methyl sites for hydroxylation is 1. The zero-order chi connectivity index (χ0) is 21.5. The standard InChI is InChI=1S/C21H24ClN3O3S2/c1-14-18-12-15(22)4-6-17(18)21(29-14)30(26,27)23-16-5-7-20(28-3)19(13-16)25-10-8-24(2)9-11-25/h4-7,12-13,23H,8-11H2,1-3H3. The van der Waals surface area contributed by atoms with E-state index in [1.165, 1.54) is 11.3 Å². The lowest BCUT2D eigenvalue weighted by Gasteiger charge is -2.34.